The molecule has 11 heteroatoms. The first-order chi connectivity index (χ1) is 9.78. The Hall–Kier alpha value is 0.858. The van der Waals surface area contributed by atoms with Gasteiger partial charge in [0.15, 0.2) is 0 Å². The van der Waals surface area contributed by atoms with Crippen LogP contribution < -0.4 is 21.7 Å². The Morgan fingerprint density at radius 2 is 1.32 bits per heavy atom. The van der Waals surface area contributed by atoms with E-state index in [0.29, 0.717) is 13.1 Å². The van der Waals surface area contributed by atoms with E-state index in [9.17, 15) is 19.2 Å². The Labute approximate surface area is 207 Å². The van der Waals surface area contributed by atoms with E-state index in [0.717, 1.165) is 0 Å². The maximum atomic E-state index is 10.3. The summed E-state index contributed by atoms with van der Waals surface area (Å²) >= 11 is 4.64. The third-order valence-corrected chi connectivity index (χ3v) is 1.77. The first-order valence-corrected chi connectivity index (χ1v) is 6.37. The van der Waals surface area contributed by atoms with Gasteiger partial charge in [-0.1, -0.05) is 26.9 Å². The smallest absolute Gasteiger partial charge is 0.218 e. The van der Waals surface area contributed by atoms with Crippen molar-refractivity contribution in [2.75, 3.05) is 27.2 Å². The monoisotopic (exact) mass is 532 g/mol. The van der Waals surface area contributed by atoms with Crippen molar-refractivity contribution in [3.8, 4) is 0 Å². The predicted molar refractivity (Wildman–Crippen MR) is 94.8 cm³/mol. The zero-order chi connectivity index (χ0) is 17.3. The molecule has 25 heavy (non-hydrogen) atoms. The Morgan fingerprint density at radius 3 is 1.44 bits per heavy atom. The van der Waals surface area contributed by atoms with Crippen molar-refractivity contribution in [2.24, 2.45) is 5.73 Å². The number of nitrogens with two attached hydrogens (primary N) is 1. The molecule has 0 bridgehead atoms. The van der Waals surface area contributed by atoms with Crippen molar-refractivity contribution in [1.29, 1.82) is 0 Å². The van der Waals surface area contributed by atoms with E-state index in [4.69, 9.17) is 5.73 Å². The van der Waals surface area contributed by atoms with Gasteiger partial charge < -0.3 is 31.3 Å². The van der Waals surface area contributed by atoms with Gasteiger partial charge in [-0.15, -0.1) is 0 Å². The SMILES string of the molecule is C.C.CC(=O)Cl.CNC([C-]=O)CN.CNC([C-]=O)CNC(C)=O.[Y].[Y]. The molecule has 0 aliphatic heterocycles. The molecule has 0 fully saturated rings. The van der Waals surface area contributed by atoms with E-state index in [1.165, 1.54) is 13.8 Å². The van der Waals surface area contributed by atoms with Gasteiger partial charge in [0.25, 0.3) is 0 Å². The van der Waals surface area contributed by atoms with Crippen molar-refractivity contribution in [2.45, 2.75) is 40.8 Å². The molecule has 2 atom stereocenters. The molecule has 5 N–H and O–H groups in total. The number of amides is 1. The molecule has 0 rings (SSSR count). The van der Waals surface area contributed by atoms with Gasteiger partial charge in [-0.05, 0) is 32.2 Å². The molecule has 0 aromatic heterocycles. The van der Waals surface area contributed by atoms with E-state index >= 15 is 0 Å². The summed E-state index contributed by atoms with van der Waals surface area (Å²) < 4.78 is 0. The molecule has 2 unspecified atom stereocenters. The van der Waals surface area contributed by atoms with Gasteiger partial charge in [-0.25, -0.2) is 12.6 Å². The predicted octanol–water partition coefficient (Wildman–Crippen LogP) is -0.498. The van der Waals surface area contributed by atoms with Gasteiger partial charge in [-0.2, -0.15) is 0 Å². The fraction of sp³-hybridized carbons (Fsp3) is 0.714. The minimum absolute atomic E-state index is 0. The van der Waals surface area contributed by atoms with Crippen LogP contribution in [0.4, 0.5) is 0 Å². The summed E-state index contributed by atoms with van der Waals surface area (Å²) in [7, 11) is 3.31. The van der Waals surface area contributed by atoms with Crippen molar-refractivity contribution in [3.63, 3.8) is 0 Å². The summed E-state index contributed by atoms with van der Waals surface area (Å²) in [4.78, 5) is 39.2. The number of halogens is 1. The van der Waals surface area contributed by atoms with Crippen LogP contribution in [0.3, 0.4) is 0 Å². The van der Waals surface area contributed by atoms with Gasteiger partial charge >= 0.3 is 0 Å². The van der Waals surface area contributed by atoms with Gasteiger partial charge in [-0.3, -0.25) is 9.59 Å². The van der Waals surface area contributed by atoms with E-state index in [-0.39, 0.29) is 97.5 Å². The van der Waals surface area contributed by atoms with Crippen LogP contribution in [0.2, 0.25) is 0 Å². The summed E-state index contributed by atoms with van der Waals surface area (Å²) in [6, 6.07) is -0.691. The second-order valence-electron chi connectivity index (χ2n) is 3.56. The second kappa shape index (κ2) is 35.9. The number of nitrogens with one attached hydrogen (secondary N) is 3. The standard InChI is InChI=1S/C6H11N2O2.C4H9N2O.C2H3ClO.2CH4.2Y/c1-5(10)8-3-6(4-9)7-2;1-6-4(2-5)3-7;1-2(3)4;;;;/h6-7H,3H2,1-2H3,(H,8,10);4,6H,2,5H2,1H3;1H3;2*1H4;;/q2*-1;;;;;. The molecule has 0 aromatic carbocycles. The number of hydrogen-bond acceptors (Lipinski definition) is 7. The van der Waals surface area contributed by atoms with E-state index in [2.05, 4.69) is 27.6 Å². The summed E-state index contributed by atoms with van der Waals surface area (Å²) in [5.41, 5.74) is 5.07. The number of likely N-dealkylation sites (N-methyl/N-ethyl adjacent to an activating group) is 2. The van der Waals surface area contributed by atoms with E-state index < -0.39 is 6.04 Å². The molecule has 0 aliphatic rings. The van der Waals surface area contributed by atoms with Crippen molar-refractivity contribution in [1.82, 2.24) is 16.0 Å². The quantitative estimate of drug-likeness (QED) is 0.257. The molecular weight excluding hydrogens is 501 g/mol. The van der Waals surface area contributed by atoms with Crippen LogP contribution in [-0.4, -0.2) is 63.0 Å². The summed E-state index contributed by atoms with van der Waals surface area (Å²) in [6.07, 6.45) is 3.45. The number of carbonyl (C=O) groups is 2. The molecule has 2 radical (unpaired) electrons. The molecule has 0 spiro atoms. The number of rotatable bonds is 7. The van der Waals surface area contributed by atoms with Gasteiger partial charge in [0.2, 0.25) is 11.1 Å². The van der Waals surface area contributed by atoms with Gasteiger partial charge in [0.1, 0.15) is 0 Å². The molecule has 0 aromatic rings. The normalized spacial score (nSPS) is 9.68. The third kappa shape index (κ3) is 51.6. The average molecular weight is 533 g/mol. The van der Waals surface area contributed by atoms with Crippen LogP contribution in [0.25, 0.3) is 0 Å². The first kappa shape index (κ1) is 44.9. The fourth-order valence-corrected chi connectivity index (χ4v) is 0.673. The van der Waals surface area contributed by atoms with Gasteiger partial charge in [0, 0.05) is 85.8 Å². The third-order valence-electron chi connectivity index (χ3n) is 1.77. The maximum absolute atomic E-state index is 10.3. The van der Waals surface area contributed by atoms with Crippen molar-refractivity contribution in [3.05, 3.63) is 0 Å². The van der Waals surface area contributed by atoms with E-state index in [1.54, 1.807) is 26.7 Å². The van der Waals surface area contributed by atoms with E-state index in [1.807, 2.05) is 0 Å². The Kier molecular flexibility index (Phi) is 64.5. The molecule has 8 nitrogen and oxygen atoms in total. The Morgan fingerprint density at radius 1 is 1.00 bits per heavy atom. The van der Waals surface area contributed by atoms with Gasteiger partial charge in [0.05, 0.1) is 0 Å². The Bertz CT molecular complexity index is 307. The minimum atomic E-state index is -0.399. The zero-order valence-electron chi connectivity index (χ0n) is 13.8. The van der Waals surface area contributed by atoms with Crippen LogP contribution in [0.1, 0.15) is 28.7 Å². The van der Waals surface area contributed by atoms with Crippen LogP contribution >= 0.6 is 11.6 Å². The molecule has 0 heterocycles. The topological polar surface area (TPSA) is 130 Å². The number of carbonyl (C=O) groups excluding carboxylic acids is 4. The fourth-order valence-electron chi connectivity index (χ4n) is 0.673. The first-order valence-electron chi connectivity index (χ1n) is 5.99. The van der Waals surface area contributed by atoms with Crippen LogP contribution in [0, 0.1) is 0 Å². The average Bonchev–Trinajstić information content (AvgIpc) is 2.41. The summed E-state index contributed by atoms with van der Waals surface area (Å²) in [5, 5.41) is 7.44. The van der Waals surface area contributed by atoms with Crippen LogP contribution in [-0.2, 0) is 84.6 Å². The van der Waals surface area contributed by atoms with Crippen LogP contribution in [0.15, 0.2) is 0 Å². The maximum Gasteiger partial charge on any atom is 0.218 e. The molecule has 0 aliphatic carbocycles. The summed E-state index contributed by atoms with van der Waals surface area (Å²) in [5.74, 6) is -0.143. The second-order valence-corrected chi connectivity index (χ2v) is 4.09. The Balaban J connectivity index is -0.0000000387. The largest absolute Gasteiger partial charge is 0.540 e. The van der Waals surface area contributed by atoms with Crippen molar-refractivity contribution >= 4 is 35.3 Å². The number of hydrogen-bond donors (Lipinski definition) is 4. The molecule has 1 amide bonds. The zero-order valence-corrected chi connectivity index (χ0v) is 20.2. The minimum Gasteiger partial charge on any atom is -0.540 e. The van der Waals surface area contributed by atoms with Crippen LogP contribution in [0.5, 0.6) is 0 Å². The van der Waals surface area contributed by atoms with Crippen molar-refractivity contribution < 1.29 is 84.6 Å². The molecular formula is C14H31ClN4O4Y2-2. The summed E-state index contributed by atoms with van der Waals surface area (Å²) in [6.45, 7) is 3.31. The molecule has 0 saturated heterocycles. The molecule has 146 valence electrons. The molecule has 0 saturated carbocycles.